The first-order valence-corrected chi connectivity index (χ1v) is 5.37. The Morgan fingerprint density at radius 1 is 1.39 bits per heavy atom. The van der Waals surface area contributed by atoms with Gasteiger partial charge in [-0.3, -0.25) is 15.4 Å². The number of anilines is 1. The summed E-state index contributed by atoms with van der Waals surface area (Å²) < 4.78 is 13.0. The number of halogens is 2. The topological polar surface area (TPSA) is 86.6 Å². The number of nitrogens with zero attached hydrogens (tertiary/aromatic N) is 2. The lowest BCUT2D eigenvalue weighted by Gasteiger charge is -2.10. The van der Waals surface area contributed by atoms with Crippen molar-refractivity contribution in [3.05, 3.63) is 29.0 Å². The summed E-state index contributed by atoms with van der Waals surface area (Å²) in [6, 6.07) is 4.04. The minimum atomic E-state index is -0.521. The van der Waals surface area contributed by atoms with Gasteiger partial charge in [0.1, 0.15) is 17.4 Å². The minimum Gasteiger partial charge on any atom is -0.382 e. The number of hydrogen-bond acceptors (Lipinski definition) is 3. The van der Waals surface area contributed by atoms with Crippen molar-refractivity contribution < 1.29 is 4.39 Å². The van der Waals surface area contributed by atoms with Gasteiger partial charge in [-0.05, 0) is 18.2 Å². The van der Waals surface area contributed by atoms with Crippen molar-refractivity contribution in [2.45, 2.75) is 0 Å². The van der Waals surface area contributed by atoms with Crippen molar-refractivity contribution in [1.29, 1.82) is 5.41 Å². The summed E-state index contributed by atoms with van der Waals surface area (Å²) in [7, 11) is 3.00. The number of amidine groups is 2. The van der Waals surface area contributed by atoms with Gasteiger partial charge in [0.25, 0.3) is 0 Å². The Labute approximate surface area is 109 Å². The third kappa shape index (κ3) is 3.27. The predicted octanol–water partition coefficient (Wildman–Crippen LogP) is 1.93. The molecule has 0 aliphatic heterocycles. The van der Waals surface area contributed by atoms with Gasteiger partial charge in [-0.1, -0.05) is 11.6 Å². The molecule has 0 unspecified atom stereocenters. The van der Waals surface area contributed by atoms with E-state index in [0.29, 0.717) is 5.69 Å². The molecule has 0 heterocycles. The van der Waals surface area contributed by atoms with Crippen molar-refractivity contribution >= 4 is 34.7 Å². The molecule has 96 valence electrons. The second kappa shape index (κ2) is 6.11. The maximum atomic E-state index is 13.0. The van der Waals surface area contributed by atoms with Crippen molar-refractivity contribution in [2.75, 3.05) is 19.4 Å². The summed E-state index contributed by atoms with van der Waals surface area (Å²) in [6.07, 6.45) is 0. The highest BCUT2D eigenvalue weighted by molar-refractivity contribution is 6.68. The molecule has 1 rings (SSSR count). The molecule has 18 heavy (non-hydrogen) atoms. The van der Waals surface area contributed by atoms with Crippen LogP contribution >= 0.6 is 11.6 Å². The Hall–Kier alpha value is -1.95. The van der Waals surface area contributed by atoms with Gasteiger partial charge in [0.2, 0.25) is 0 Å². The SMILES string of the molecule is C/N=C(C(=N)Nc1ccc(F)c(Cl)c1)\C(N)=N/C. The number of hydrogen-bond donors (Lipinski definition) is 3. The molecule has 0 aliphatic rings. The Bertz CT molecular complexity index is 524. The lowest BCUT2D eigenvalue weighted by molar-refractivity contribution is 0.628. The standard InChI is InChI=1S/C11H13ClFN5/c1-16-9(10(14)17-2)11(15)18-6-3-4-8(13)7(12)5-6/h3-5H,1-2H3,(H2,14,17)(H2,15,18)/b16-9+. The molecule has 0 spiro atoms. The largest absolute Gasteiger partial charge is 0.382 e. The van der Waals surface area contributed by atoms with Gasteiger partial charge in [-0.15, -0.1) is 0 Å². The summed E-state index contributed by atoms with van der Waals surface area (Å²) >= 11 is 5.64. The van der Waals surface area contributed by atoms with Gasteiger partial charge in [0, 0.05) is 19.8 Å². The Kier molecular flexibility index (Phi) is 4.79. The molecule has 7 heteroatoms. The number of rotatable bonds is 3. The van der Waals surface area contributed by atoms with Gasteiger partial charge in [0.15, 0.2) is 5.84 Å². The zero-order chi connectivity index (χ0) is 13.7. The molecule has 1 aromatic carbocycles. The fourth-order valence-electron chi connectivity index (χ4n) is 1.24. The van der Waals surface area contributed by atoms with Crippen molar-refractivity contribution in [3.8, 4) is 0 Å². The van der Waals surface area contributed by atoms with Crippen LogP contribution in [0.4, 0.5) is 10.1 Å². The van der Waals surface area contributed by atoms with Crippen LogP contribution in [0.15, 0.2) is 28.2 Å². The highest BCUT2D eigenvalue weighted by Crippen LogP contribution is 2.19. The average Bonchev–Trinajstić information content (AvgIpc) is 2.34. The summed E-state index contributed by atoms with van der Waals surface area (Å²) in [5.41, 5.74) is 6.28. The van der Waals surface area contributed by atoms with Crippen molar-refractivity contribution in [2.24, 2.45) is 15.7 Å². The maximum Gasteiger partial charge on any atom is 0.152 e. The van der Waals surface area contributed by atoms with Crippen molar-refractivity contribution in [1.82, 2.24) is 0 Å². The van der Waals surface area contributed by atoms with Gasteiger partial charge in [-0.25, -0.2) is 4.39 Å². The predicted molar refractivity (Wildman–Crippen MR) is 73.7 cm³/mol. The third-order valence-electron chi connectivity index (χ3n) is 2.13. The van der Waals surface area contributed by atoms with E-state index >= 15 is 0 Å². The molecule has 0 atom stereocenters. The zero-order valence-corrected chi connectivity index (χ0v) is 10.7. The molecule has 0 aromatic heterocycles. The van der Waals surface area contributed by atoms with Crippen molar-refractivity contribution in [3.63, 3.8) is 0 Å². The van der Waals surface area contributed by atoms with E-state index in [9.17, 15) is 4.39 Å². The van der Waals surface area contributed by atoms with Crippen LogP contribution in [0.25, 0.3) is 0 Å². The summed E-state index contributed by atoms with van der Waals surface area (Å²) in [5, 5.41) is 10.5. The average molecular weight is 270 g/mol. The second-order valence-corrected chi connectivity index (χ2v) is 3.72. The van der Waals surface area contributed by atoms with E-state index < -0.39 is 5.82 Å². The van der Waals surface area contributed by atoms with Gasteiger partial charge in [-0.2, -0.15) is 0 Å². The van der Waals surface area contributed by atoms with Crippen LogP contribution < -0.4 is 11.1 Å². The number of nitrogens with one attached hydrogen (secondary N) is 2. The normalized spacial score (nSPS) is 12.4. The molecular weight excluding hydrogens is 257 g/mol. The summed E-state index contributed by atoms with van der Waals surface area (Å²) in [5.74, 6) is -0.417. The van der Waals surface area contributed by atoms with E-state index in [1.807, 2.05) is 0 Å². The molecular formula is C11H13ClFN5. The quantitative estimate of drug-likeness (QED) is 0.578. The van der Waals surface area contributed by atoms with Crippen LogP contribution in [0, 0.1) is 11.2 Å². The molecule has 0 radical (unpaired) electrons. The highest BCUT2D eigenvalue weighted by Gasteiger charge is 2.11. The smallest absolute Gasteiger partial charge is 0.152 e. The minimum absolute atomic E-state index is 0.0279. The Morgan fingerprint density at radius 3 is 2.56 bits per heavy atom. The van der Waals surface area contributed by atoms with Crippen LogP contribution in [-0.4, -0.2) is 31.5 Å². The maximum absolute atomic E-state index is 13.0. The van der Waals surface area contributed by atoms with Gasteiger partial charge in [0.05, 0.1) is 5.02 Å². The van der Waals surface area contributed by atoms with E-state index in [-0.39, 0.29) is 22.4 Å². The number of aliphatic imine (C=N–C) groups is 2. The molecule has 0 aliphatic carbocycles. The summed E-state index contributed by atoms with van der Waals surface area (Å²) in [4.78, 5) is 7.61. The monoisotopic (exact) mass is 269 g/mol. The zero-order valence-electron chi connectivity index (χ0n) is 9.96. The van der Waals surface area contributed by atoms with Crippen LogP contribution in [0.2, 0.25) is 5.02 Å². The van der Waals surface area contributed by atoms with E-state index in [0.717, 1.165) is 0 Å². The van der Waals surface area contributed by atoms with E-state index in [1.165, 1.54) is 32.3 Å². The molecule has 0 fully saturated rings. The van der Waals surface area contributed by atoms with Crippen LogP contribution in [-0.2, 0) is 0 Å². The van der Waals surface area contributed by atoms with E-state index in [4.69, 9.17) is 22.7 Å². The molecule has 0 saturated heterocycles. The molecule has 0 amide bonds. The lowest BCUT2D eigenvalue weighted by atomic mass is 10.2. The highest BCUT2D eigenvalue weighted by atomic mass is 35.5. The number of nitrogens with two attached hydrogens (primary N) is 1. The third-order valence-corrected chi connectivity index (χ3v) is 2.42. The first kappa shape index (κ1) is 14.1. The first-order chi connectivity index (χ1) is 8.49. The molecule has 1 aromatic rings. The Morgan fingerprint density at radius 2 is 2.06 bits per heavy atom. The lowest BCUT2D eigenvalue weighted by Crippen LogP contribution is -2.34. The van der Waals surface area contributed by atoms with Crippen LogP contribution in [0.3, 0.4) is 0 Å². The number of benzene rings is 1. The van der Waals surface area contributed by atoms with Gasteiger partial charge >= 0.3 is 0 Å². The van der Waals surface area contributed by atoms with E-state index in [2.05, 4.69) is 15.3 Å². The Balaban J connectivity index is 2.90. The van der Waals surface area contributed by atoms with Gasteiger partial charge < -0.3 is 11.1 Å². The van der Waals surface area contributed by atoms with E-state index in [1.54, 1.807) is 0 Å². The molecule has 4 N–H and O–H groups in total. The fraction of sp³-hybridized carbons (Fsp3) is 0.182. The van der Waals surface area contributed by atoms with Crippen LogP contribution in [0.1, 0.15) is 0 Å². The van der Waals surface area contributed by atoms with Crippen LogP contribution in [0.5, 0.6) is 0 Å². The second-order valence-electron chi connectivity index (χ2n) is 3.31. The molecule has 0 bridgehead atoms. The first-order valence-electron chi connectivity index (χ1n) is 5.00. The fourth-order valence-corrected chi connectivity index (χ4v) is 1.42. The summed E-state index contributed by atoms with van der Waals surface area (Å²) in [6.45, 7) is 0. The molecule has 5 nitrogen and oxygen atoms in total. The molecule has 0 saturated carbocycles.